The molecule has 0 aliphatic rings. The normalized spacial score (nSPS) is 11.5. The summed E-state index contributed by atoms with van der Waals surface area (Å²) in [6, 6.07) is 92.0. The number of hydrogen-bond acceptors (Lipinski definition) is 2. The maximum absolute atomic E-state index is 5.24. The van der Waals surface area contributed by atoms with Gasteiger partial charge >= 0.3 is 0 Å². The fraction of sp³-hybridized carbons (Fsp3) is 0. The predicted molar refractivity (Wildman–Crippen MR) is 288 cm³/mol. The smallest absolute Gasteiger partial charge is 0.160 e. The highest BCUT2D eigenvalue weighted by Crippen LogP contribution is 2.42. The van der Waals surface area contributed by atoms with Gasteiger partial charge in [0.25, 0.3) is 0 Å². The first-order valence-corrected chi connectivity index (χ1v) is 23.3. The third kappa shape index (κ3) is 6.90. The summed E-state index contributed by atoms with van der Waals surface area (Å²) in [6.45, 7) is 0. The van der Waals surface area contributed by atoms with Gasteiger partial charge in [-0.05, 0) is 123 Å². The highest BCUT2D eigenvalue weighted by molar-refractivity contribution is 6.17. The Hall–Kier alpha value is -8.98. The third-order valence-electron chi connectivity index (χ3n) is 13.7. The molecule has 0 bridgehead atoms. The molecule has 316 valence electrons. The number of nitrogens with zero attached hydrogens (tertiary/aromatic N) is 2. The number of fused-ring (bicyclic) bond motifs is 6. The molecule has 13 aromatic rings. The van der Waals surface area contributed by atoms with Crippen LogP contribution in [-0.4, -0.2) is 9.97 Å². The van der Waals surface area contributed by atoms with Crippen molar-refractivity contribution in [3.8, 4) is 78.4 Å². The fourth-order valence-corrected chi connectivity index (χ4v) is 10.3. The first-order valence-electron chi connectivity index (χ1n) is 23.3. The first-order chi connectivity index (χ1) is 33.7. The standard InChI is InChI=1S/C66H42N2/c1-2-16-48(17-3-1)66-67-64(42-65(68-66)60-27-13-12-26-59(60)58-28-14-21-43-15-6-8-22-52(43)58)47-35-33-45(34-36-47)55-38-37-54(56-24-10-11-25-57(55)56)44-29-31-46(32-30-44)61-41-51-20-7-9-23-53(51)62-39-49-18-4-5-19-50(49)40-63(61)62/h1-42H. The molecule has 0 fully saturated rings. The lowest BCUT2D eigenvalue weighted by Crippen LogP contribution is -1.97. The summed E-state index contributed by atoms with van der Waals surface area (Å²) in [5.74, 6) is 0.698. The second-order valence-corrected chi connectivity index (χ2v) is 17.7. The summed E-state index contributed by atoms with van der Waals surface area (Å²) < 4.78 is 0. The van der Waals surface area contributed by atoms with E-state index in [1.807, 2.05) is 18.2 Å². The van der Waals surface area contributed by atoms with Gasteiger partial charge in [0, 0.05) is 16.7 Å². The second-order valence-electron chi connectivity index (χ2n) is 17.7. The van der Waals surface area contributed by atoms with E-state index in [1.165, 1.54) is 87.2 Å². The maximum atomic E-state index is 5.24. The molecular formula is C66H42N2. The number of hydrogen-bond donors (Lipinski definition) is 0. The number of rotatable bonds is 7. The maximum Gasteiger partial charge on any atom is 0.160 e. The SMILES string of the molecule is c1ccc(-c2nc(-c3ccc(-c4ccc(-c5ccc(-c6cc7ccccc7c7cc8ccccc8cc67)cc5)c5ccccc45)cc3)cc(-c3ccccc3-c3cccc4ccccc34)n2)cc1. The minimum absolute atomic E-state index is 0.698. The van der Waals surface area contributed by atoms with Gasteiger partial charge in [-0.2, -0.15) is 0 Å². The lowest BCUT2D eigenvalue weighted by atomic mass is 9.89. The van der Waals surface area contributed by atoms with Crippen LogP contribution < -0.4 is 0 Å². The van der Waals surface area contributed by atoms with Crippen LogP contribution in [0.25, 0.3) is 132 Å². The van der Waals surface area contributed by atoms with E-state index in [4.69, 9.17) is 9.97 Å². The highest BCUT2D eigenvalue weighted by atomic mass is 14.9. The van der Waals surface area contributed by atoms with Gasteiger partial charge in [-0.15, -0.1) is 0 Å². The zero-order valence-corrected chi connectivity index (χ0v) is 37.1. The van der Waals surface area contributed by atoms with E-state index in [1.54, 1.807) is 0 Å². The third-order valence-corrected chi connectivity index (χ3v) is 13.7. The summed E-state index contributed by atoms with van der Waals surface area (Å²) in [4.78, 5) is 10.4. The quantitative estimate of drug-likeness (QED) is 0.118. The van der Waals surface area contributed by atoms with Gasteiger partial charge in [0.1, 0.15) is 0 Å². The molecule has 12 aromatic carbocycles. The molecule has 0 atom stereocenters. The molecule has 2 heteroatoms. The first kappa shape index (κ1) is 39.4. The highest BCUT2D eigenvalue weighted by Gasteiger charge is 2.17. The Kier molecular flexibility index (Phi) is 9.54. The Morgan fingerprint density at radius 2 is 0.662 bits per heavy atom. The molecule has 1 heterocycles. The van der Waals surface area contributed by atoms with Gasteiger partial charge in [-0.1, -0.05) is 231 Å². The molecule has 0 aliphatic heterocycles. The Morgan fingerprint density at radius 1 is 0.191 bits per heavy atom. The lowest BCUT2D eigenvalue weighted by molar-refractivity contribution is 1.18. The Labute approximate surface area is 395 Å². The Morgan fingerprint density at radius 3 is 1.34 bits per heavy atom. The van der Waals surface area contributed by atoms with Crippen molar-refractivity contribution in [3.05, 3.63) is 255 Å². The van der Waals surface area contributed by atoms with E-state index >= 15 is 0 Å². The molecule has 0 radical (unpaired) electrons. The molecule has 13 rings (SSSR count). The van der Waals surface area contributed by atoms with E-state index in [9.17, 15) is 0 Å². The van der Waals surface area contributed by atoms with Gasteiger partial charge < -0.3 is 0 Å². The van der Waals surface area contributed by atoms with Crippen LogP contribution in [0.3, 0.4) is 0 Å². The van der Waals surface area contributed by atoms with Crippen LogP contribution in [0.15, 0.2) is 255 Å². The summed E-state index contributed by atoms with van der Waals surface area (Å²) in [5.41, 5.74) is 14.4. The van der Waals surface area contributed by atoms with Crippen LogP contribution in [-0.2, 0) is 0 Å². The van der Waals surface area contributed by atoms with Crippen molar-refractivity contribution in [2.75, 3.05) is 0 Å². The summed E-state index contributed by atoms with van der Waals surface area (Å²) in [6.07, 6.45) is 0. The predicted octanol–water partition coefficient (Wildman–Crippen LogP) is 17.9. The van der Waals surface area contributed by atoms with Crippen molar-refractivity contribution in [3.63, 3.8) is 0 Å². The zero-order valence-electron chi connectivity index (χ0n) is 37.1. The van der Waals surface area contributed by atoms with Crippen LogP contribution >= 0.6 is 0 Å². The second kappa shape index (κ2) is 16.5. The average molecular weight is 863 g/mol. The van der Waals surface area contributed by atoms with E-state index in [0.29, 0.717) is 5.82 Å². The molecule has 0 aliphatic carbocycles. The zero-order chi connectivity index (χ0) is 45.0. The lowest BCUT2D eigenvalue weighted by Gasteiger charge is -2.15. The fourth-order valence-electron chi connectivity index (χ4n) is 10.3. The van der Waals surface area contributed by atoms with Crippen LogP contribution in [0.4, 0.5) is 0 Å². The van der Waals surface area contributed by atoms with Gasteiger partial charge in [0.05, 0.1) is 11.4 Å². The van der Waals surface area contributed by atoms with E-state index in [2.05, 4.69) is 237 Å². The monoisotopic (exact) mass is 862 g/mol. The van der Waals surface area contributed by atoms with Gasteiger partial charge in [-0.25, -0.2) is 9.97 Å². The van der Waals surface area contributed by atoms with Gasteiger partial charge in [0.2, 0.25) is 0 Å². The summed E-state index contributed by atoms with van der Waals surface area (Å²) >= 11 is 0. The minimum atomic E-state index is 0.698. The van der Waals surface area contributed by atoms with Crippen molar-refractivity contribution >= 4 is 53.9 Å². The number of benzene rings is 12. The van der Waals surface area contributed by atoms with Crippen LogP contribution in [0.5, 0.6) is 0 Å². The molecule has 2 nitrogen and oxygen atoms in total. The molecule has 0 amide bonds. The largest absolute Gasteiger partial charge is 0.228 e. The number of aromatic nitrogens is 2. The topological polar surface area (TPSA) is 25.8 Å². The van der Waals surface area contributed by atoms with Crippen molar-refractivity contribution in [2.24, 2.45) is 0 Å². The minimum Gasteiger partial charge on any atom is -0.228 e. The molecular weight excluding hydrogens is 821 g/mol. The molecule has 0 saturated heterocycles. The molecule has 0 N–H and O–H groups in total. The van der Waals surface area contributed by atoms with Crippen molar-refractivity contribution in [1.82, 2.24) is 9.97 Å². The van der Waals surface area contributed by atoms with Gasteiger partial charge in [0.15, 0.2) is 5.82 Å². The van der Waals surface area contributed by atoms with E-state index < -0.39 is 0 Å². The van der Waals surface area contributed by atoms with Crippen molar-refractivity contribution < 1.29 is 0 Å². The van der Waals surface area contributed by atoms with Crippen LogP contribution in [0, 0.1) is 0 Å². The van der Waals surface area contributed by atoms with E-state index in [0.717, 1.165) is 39.2 Å². The van der Waals surface area contributed by atoms with Crippen molar-refractivity contribution in [1.29, 1.82) is 0 Å². The molecule has 0 spiro atoms. The Balaban J connectivity index is 0.864. The Bertz CT molecular complexity index is 4050. The molecule has 0 saturated carbocycles. The summed E-state index contributed by atoms with van der Waals surface area (Å²) in [5, 5.41) is 12.5. The van der Waals surface area contributed by atoms with E-state index in [-0.39, 0.29) is 0 Å². The molecule has 0 unspecified atom stereocenters. The molecule has 68 heavy (non-hydrogen) atoms. The average Bonchev–Trinajstić information content (AvgIpc) is 3.42. The summed E-state index contributed by atoms with van der Waals surface area (Å²) in [7, 11) is 0. The van der Waals surface area contributed by atoms with Crippen molar-refractivity contribution in [2.45, 2.75) is 0 Å². The van der Waals surface area contributed by atoms with Crippen LogP contribution in [0.1, 0.15) is 0 Å². The van der Waals surface area contributed by atoms with Crippen LogP contribution in [0.2, 0.25) is 0 Å². The molecule has 1 aromatic heterocycles. The van der Waals surface area contributed by atoms with Gasteiger partial charge in [-0.3, -0.25) is 0 Å².